The van der Waals surface area contributed by atoms with Gasteiger partial charge in [-0.15, -0.1) is 0 Å². The molecule has 11 heteroatoms. The van der Waals surface area contributed by atoms with Gasteiger partial charge in [-0.3, -0.25) is 4.68 Å². The molecule has 0 bridgehead atoms. The molecule has 0 saturated heterocycles. The van der Waals surface area contributed by atoms with Gasteiger partial charge in [-0.25, -0.2) is 28.2 Å². The molecule has 9 nitrogen and oxygen atoms in total. The molecule has 0 fully saturated rings. The fourth-order valence-electron chi connectivity index (χ4n) is 4.90. The molecule has 0 radical (unpaired) electrons. The number of fused-ring (bicyclic) bond motifs is 1. The van der Waals surface area contributed by atoms with Gasteiger partial charge in [0.15, 0.2) is 11.6 Å². The highest BCUT2D eigenvalue weighted by atomic mass is 19.1. The summed E-state index contributed by atoms with van der Waals surface area (Å²) in [7, 11) is 0. The Kier molecular flexibility index (Phi) is 6.15. The van der Waals surface area contributed by atoms with Gasteiger partial charge in [0.2, 0.25) is 0 Å². The highest BCUT2D eigenvalue weighted by molar-refractivity contribution is 5.78. The maximum absolute atomic E-state index is 14.4. The van der Waals surface area contributed by atoms with Crippen molar-refractivity contribution in [2.75, 3.05) is 18.0 Å². The monoisotopic (exact) mass is 527 g/mol. The van der Waals surface area contributed by atoms with Crippen LogP contribution in [0.25, 0.3) is 22.2 Å². The van der Waals surface area contributed by atoms with Crippen molar-refractivity contribution < 1.29 is 8.78 Å². The number of nitrogens with two attached hydrogens (primary N) is 1. The summed E-state index contributed by atoms with van der Waals surface area (Å²) in [4.78, 5) is 15.8. The van der Waals surface area contributed by atoms with Gasteiger partial charge in [0.05, 0.1) is 11.7 Å². The Morgan fingerprint density at radius 2 is 1.82 bits per heavy atom. The van der Waals surface area contributed by atoms with E-state index in [4.69, 9.17) is 5.73 Å². The molecule has 2 N–H and O–H groups in total. The van der Waals surface area contributed by atoms with Crippen molar-refractivity contribution in [1.82, 2.24) is 34.3 Å². The van der Waals surface area contributed by atoms with Gasteiger partial charge in [-0.05, 0) is 38.0 Å². The summed E-state index contributed by atoms with van der Waals surface area (Å²) >= 11 is 0. The molecule has 1 aromatic carbocycles. The molecule has 0 spiro atoms. The minimum Gasteiger partial charge on any atom is -0.351 e. The lowest BCUT2D eigenvalue weighted by Gasteiger charge is -2.28. The van der Waals surface area contributed by atoms with E-state index in [1.807, 2.05) is 27.8 Å². The summed E-state index contributed by atoms with van der Waals surface area (Å²) in [5, 5.41) is 8.77. The van der Waals surface area contributed by atoms with Crippen molar-refractivity contribution in [3.8, 4) is 11.1 Å². The molecular weight excluding hydrogens is 500 g/mol. The number of aromatic nitrogens is 7. The van der Waals surface area contributed by atoms with Crippen LogP contribution in [0.2, 0.25) is 0 Å². The predicted octanol–water partition coefficient (Wildman–Crippen LogP) is 4.20. The Balaban J connectivity index is 1.21. The van der Waals surface area contributed by atoms with Crippen molar-refractivity contribution >= 4 is 16.9 Å². The van der Waals surface area contributed by atoms with E-state index in [2.05, 4.69) is 49.1 Å². The van der Waals surface area contributed by atoms with Crippen molar-refractivity contribution in [3.05, 3.63) is 96.2 Å². The summed E-state index contributed by atoms with van der Waals surface area (Å²) < 4.78 is 31.5. The van der Waals surface area contributed by atoms with Gasteiger partial charge in [-0.2, -0.15) is 10.2 Å². The first-order valence-corrected chi connectivity index (χ1v) is 12.7. The second-order valence-electron chi connectivity index (χ2n) is 9.77. The molecule has 198 valence electrons. The van der Waals surface area contributed by atoms with E-state index in [0.717, 1.165) is 53.6 Å². The lowest BCUT2D eigenvalue weighted by atomic mass is 9.87. The van der Waals surface area contributed by atoms with Crippen molar-refractivity contribution in [3.63, 3.8) is 0 Å². The molecule has 1 atom stereocenters. The minimum absolute atomic E-state index is 0.177. The number of halogens is 2. The highest BCUT2D eigenvalue weighted by Crippen LogP contribution is 2.31. The second-order valence-corrected chi connectivity index (χ2v) is 9.77. The van der Waals surface area contributed by atoms with Crippen LogP contribution >= 0.6 is 0 Å². The quantitative estimate of drug-likeness (QED) is 0.353. The lowest BCUT2D eigenvalue weighted by Crippen LogP contribution is -2.35. The molecule has 5 aromatic rings. The normalized spacial score (nSPS) is 15.4. The third kappa shape index (κ3) is 4.54. The van der Waals surface area contributed by atoms with Crippen molar-refractivity contribution in [2.24, 2.45) is 5.73 Å². The van der Waals surface area contributed by atoms with E-state index in [1.54, 1.807) is 25.6 Å². The van der Waals surface area contributed by atoms with E-state index in [0.29, 0.717) is 17.9 Å². The maximum atomic E-state index is 14.4. The van der Waals surface area contributed by atoms with Crippen LogP contribution in [0.3, 0.4) is 0 Å². The zero-order valence-corrected chi connectivity index (χ0v) is 21.6. The maximum Gasteiger partial charge on any atom is 0.156 e. The van der Waals surface area contributed by atoms with Crippen LogP contribution in [0.1, 0.15) is 37.2 Å². The van der Waals surface area contributed by atoms with Crippen LogP contribution in [0, 0.1) is 11.6 Å². The predicted molar refractivity (Wildman–Crippen MR) is 144 cm³/mol. The number of nitrogens with zero attached hydrogens (tertiary/aromatic N) is 8. The van der Waals surface area contributed by atoms with E-state index < -0.39 is 17.2 Å². The van der Waals surface area contributed by atoms with E-state index in [1.165, 1.54) is 12.1 Å². The molecule has 4 aromatic heterocycles. The molecule has 0 saturated carbocycles. The SMILES string of the molecule is CCn1cc(-c2cc3c(N4CC=C(c5ncc([C@@](C)(N)c6ccc(F)cc6F)cn5)CC4)ncnn3c2)cn1. The zero-order chi connectivity index (χ0) is 27.1. The smallest absolute Gasteiger partial charge is 0.156 e. The van der Waals surface area contributed by atoms with Gasteiger partial charge in [0, 0.05) is 72.7 Å². The summed E-state index contributed by atoms with van der Waals surface area (Å²) in [5.41, 5.74) is 9.93. The Bertz CT molecular complexity index is 1690. The Labute approximate surface area is 223 Å². The number of hydrogen-bond acceptors (Lipinski definition) is 7. The largest absolute Gasteiger partial charge is 0.351 e. The molecule has 39 heavy (non-hydrogen) atoms. The fraction of sp³-hybridized carbons (Fsp3) is 0.250. The summed E-state index contributed by atoms with van der Waals surface area (Å²) in [6.45, 7) is 5.89. The van der Waals surface area contributed by atoms with Gasteiger partial charge >= 0.3 is 0 Å². The van der Waals surface area contributed by atoms with Crippen LogP contribution in [-0.2, 0) is 12.1 Å². The van der Waals surface area contributed by atoms with Gasteiger partial charge in [-0.1, -0.05) is 12.1 Å². The number of rotatable bonds is 6. The Morgan fingerprint density at radius 1 is 1.00 bits per heavy atom. The molecule has 1 aliphatic rings. The number of hydrogen-bond donors (Lipinski definition) is 1. The average molecular weight is 528 g/mol. The third-order valence-electron chi connectivity index (χ3n) is 7.21. The van der Waals surface area contributed by atoms with Gasteiger partial charge < -0.3 is 10.6 Å². The summed E-state index contributed by atoms with van der Waals surface area (Å²) in [5.74, 6) is 0.0931. The molecule has 1 aliphatic heterocycles. The van der Waals surface area contributed by atoms with Crippen LogP contribution < -0.4 is 10.6 Å². The van der Waals surface area contributed by atoms with E-state index >= 15 is 0 Å². The van der Waals surface area contributed by atoms with Crippen LogP contribution in [0.5, 0.6) is 0 Å². The second kappa shape index (κ2) is 9.66. The third-order valence-corrected chi connectivity index (χ3v) is 7.21. The van der Waals surface area contributed by atoms with E-state index in [-0.39, 0.29) is 5.56 Å². The first-order chi connectivity index (χ1) is 18.8. The van der Waals surface area contributed by atoms with Crippen LogP contribution in [0.4, 0.5) is 14.6 Å². The zero-order valence-electron chi connectivity index (χ0n) is 21.6. The van der Waals surface area contributed by atoms with Crippen molar-refractivity contribution in [2.45, 2.75) is 32.4 Å². The molecule has 6 rings (SSSR count). The standard InChI is InChI=1S/C28H27F2N9/c1-3-38-15-20(12-35-38)19-10-25-27(34-17-36-39(25)16-19)37-8-6-18(7-9-37)26-32-13-21(14-33-26)28(2,31)23-5-4-22(29)11-24(23)30/h4-6,10-17H,3,7-9,31H2,1-2H3/t28-/m1/s1. The number of aryl methyl sites for hydroxylation is 1. The van der Waals surface area contributed by atoms with Crippen LogP contribution in [-0.4, -0.2) is 47.4 Å². The van der Waals surface area contributed by atoms with E-state index in [9.17, 15) is 8.78 Å². The minimum atomic E-state index is -1.21. The topological polar surface area (TPSA) is 103 Å². The first-order valence-electron chi connectivity index (χ1n) is 12.7. The molecular formula is C28H27F2N9. The molecule has 0 aliphatic carbocycles. The molecule has 0 amide bonds. The van der Waals surface area contributed by atoms with Crippen molar-refractivity contribution in [1.29, 1.82) is 0 Å². The van der Waals surface area contributed by atoms with Crippen LogP contribution in [0.15, 0.2) is 67.7 Å². The number of anilines is 1. The number of benzene rings is 1. The Hall–Kier alpha value is -4.51. The first kappa shape index (κ1) is 24.8. The summed E-state index contributed by atoms with van der Waals surface area (Å²) in [6, 6.07) is 5.46. The molecule has 5 heterocycles. The summed E-state index contributed by atoms with van der Waals surface area (Å²) in [6.07, 6.45) is 13.5. The molecule has 0 unspecified atom stereocenters. The fourth-order valence-corrected chi connectivity index (χ4v) is 4.90. The van der Waals surface area contributed by atoms with Gasteiger partial charge in [0.1, 0.15) is 23.5 Å². The Morgan fingerprint density at radius 3 is 2.51 bits per heavy atom. The van der Waals surface area contributed by atoms with Gasteiger partial charge in [0.25, 0.3) is 0 Å². The lowest BCUT2D eigenvalue weighted by molar-refractivity contribution is 0.515. The average Bonchev–Trinajstić information content (AvgIpc) is 3.60. The highest BCUT2D eigenvalue weighted by Gasteiger charge is 2.28.